The topological polar surface area (TPSA) is 42.4 Å². The second-order valence-electron chi connectivity index (χ2n) is 3.82. The summed E-state index contributed by atoms with van der Waals surface area (Å²) >= 11 is 1.39. The molecule has 0 N–H and O–H groups in total. The van der Waals surface area contributed by atoms with Crippen LogP contribution in [0.15, 0.2) is 24.3 Å². The maximum atomic E-state index is 10.8. The smallest absolute Gasteiger partial charge is 0.190 e. The molecule has 0 amide bonds. The van der Waals surface area contributed by atoms with Crippen LogP contribution in [0.4, 0.5) is 10.8 Å². The standard InChI is InChI=1S/C13H14N2O2S/c1-9-12(8-16)18-13(14-9)15(2)10-4-6-11(17-3)7-5-10/h4-8H,1-3H3. The van der Waals surface area contributed by atoms with E-state index in [9.17, 15) is 4.79 Å². The lowest BCUT2D eigenvalue weighted by Crippen LogP contribution is -2.08. The van der Waals surface area contributed by atoms with Crippen molar-refractivity contribution in [3.8, 4) is 5.75 Å². The summed E-state index contributed by atoms with van der Waals surface area (Å²) in [5.74, 6) is 0.816. The van der Waals surface area contributed by atoms with Gasteiger partial charge < -0.3 is 9.64 Å². The molecule has 0 spiro atoms. The van der Waals surface area contributed by atoms with Crippen molar-refractivity contribution < 1.29 is 9.53 Å². The van der Waals surface area contributed by atoms with Crippen LogP contribution in [-0.4, -0.2) is 25.4 Å². The van der Waals surface area contributed by atoms with Crippen LogP contribution < -0.4 is 9.64 Å². The Labute approximate surface area is 110 Å². The lowest BCUT2D eigenvalue weighted by molar-refractivity contribution is 0.112. The van der Waals surface area contributed by atoms with Gasteiger partial charge in [0.1, 0.15) is 5.75 Å². The van der Waals surface area contributed by atoms with Gasteiger partial charge in [0, 0.05) is 12.7 Å². The van der Waals surface area contributed by atoms with E-state index in [-0.39, 0.29) is 0 Å². The molecule has 0 aliphatic rings. The third-order valence-electron chi connectivity index (χ3n) is 2.67. The van der Waals surface area contributed by atoms with Crippen molar-refractivity contribution in [3.05, 3.63) is 34.8 Å². The van der Waals surface area contributed by atoms with Crippen LogP contribution in [0.3, 0.4) is 0 Å². The van der Waals surface area contributed by atoms with Crippen LogP contribution in [0.1, 0.15) is 15.4 Å². The number of aromatic nitrogens is 1. The molecule has 0 atom stereocenters. The normalized spacial score (nSPS) is 10.2. The molecule has 0 fully saturated rings. The largest absolute Gasteiger partial charge is 0.497 e. The Kier molecular flexibility index (Phi) is 3.62. The van der Waals surface area contributed by atoms with Gasteiger partial charge in [-0.1, -0.05) is 11.3 Å². The molecule has 94 valence electrons. The van der Waals surface area contributed by atoms with Crippen LogP contribution >= 0.6 is 11.3 Å². The monoisotopic (exact) mass is 262 g/mol. The molecule has 5 heteroatoms. The molecule has 18 heavy (non-hydrogen) atoms. The van der Waals surface area contributed by atoms with Crippen molar-refractivity contribution in [2.75, 3.05) is 19.1 Å². The van der Waals surface area contributed by atoms with Gasteiger partial charge in [0.25, 0.3) is 0 Å². The van der Waals surface area contributed by atoms with Gasteiger partial charge >= 0.3 is 0 Å². The van der Waals surface area contributed by atoms with E-state index in [1.807, 2.05) is 43.1 Å². The first-order valence-electron chi connectivity index (χ1n) is 5.46. The Morgan fingerprint density at radius 3 is 2.50 bits per heavy atom. The van der Waals surface area contributed by atoms with Crippen LogP contribution in [0, 0.1) is 6.92 Å². The van der Waals surface area contributed by atoms with E-state index in [2.05, 4.69) is 4.98 Å². The molecule has 0 aliphatic heterocycles. The fraction of sp³-hybridized carbons (Fsp3) is 0.231. The second kappa shape index (κ2) is 5.18. The van der Waals surface area contributed by atoms with Gasteiger partial charge in [-0.3, -0.25) is 4.79 Å². The molecule has 1 aromatic carbocycles. The third-order valence-corrected chi connectivity index (χ3v) is 3.83. The Bertz CT molecular complexity index is 549. The average Bonchev–Trinajstić information content (AvgIpc) is 2.79. The summed E-state index contributed by atoms with van der Waals surface area (Å²) in [5.41, 5.74) is 1.77. The fourth-order valence-electron chi connectivity index (χ4n) is 1.56. The number of aryl methyl sites for hydroxylation is 1. The van der Waals surface area contributed by atoms with Crippen molar-refractivity contribution in [2.24, 2.45) is 0 Å². The van der Waals surface area contributed by atoms with Crippen molar-refractivity contribution >= 4 is 28.4 Å². The molecule has 0 radical (unpaired) electrons. The molecule has 0 saturated carbocycles. The molecule has 2 aromatic rings. The second-order valence-corrected chi connectivity index (χ2v) is 4.83. The van der Waals surface area contributed by atoms with E-state index in [0.29, 0.717) is 4.88 Å². The van der Waals surface area contributed by atoms with Gasteiger partial charge in [0.2, 0.25) is 0 Å². The molecule has 1 aromatic heterocycles. The molecule has 2 rings (SSSR count). The van der Waals surface area contributed by atoms with Crippen molar-refractivity contribution in [3.63, 3.8) is 0 Å². The minimum absolute atomic E-state index is 0.672. The summed E-state index contributed by atoms with van der Waals surface area (Å²) < 4.78 is 5.12. The summed E-state index contributed by atoms with van der Waals surface area (Å²) in [6, 6.07) is 7.70. The summed E-state index contributed by atoms with van der Waals surface area (Å²) in [4.78, 5) is 17.8. The number of carbonyl (C=O) groups excluding carboxylic acids is 1. The number of carbonyl (C=O) groups is 1. The minimum Gasteiger partial charge on any atom is -0.497 e. The molecule has 0 unspecified atom stereocenters. The first-order chi connectivity index (χ1) is 8.65. The summed E-state index contributed by atoms with van der Waals surface area (Å²) in [6.07, 6.45) is 0.846. The van der Waals surface area contributed by atoms with Gasteiger partial charge in [0.05, 0.1) is 17.7 Å². The van der Waals surface area contributed by atoms with Gasteiger partial charge in [0.15, 0.2) is 11.4 Å². The van der Waals surface area contributed by atoms with Crippen LogP contribution in [0.2, 0.25) is 0 Å². The zero-order valence-electron chi connectivity index (χ0n) is 10.5. The van der Waals surface area contributed by atoms with Crippen LogP contribution in [0.25, 0.3) is 0 Å². The number of anilines is 2. The number of rotatable bonds is 4. The average molecular weight is 262 g/mol. The molecular formula is C13H14N2O2S. The predicted octanol–water partition coefficient (Wildman–Crippen LogP) is 3.04. The third kappa shape index (κ3) is 2.36. The molecule has 0 bridgehead atoms. The van der Waals surface area contributed by atoms with Crippen LogP contribution in [0.5, 0.6) is 5.75 Å². The molecule has 0 saturated heterocycles. The van der Waals surface area contributed by atoms with Crippen molar-refractivity contribution in [2.45, 2.75) is 6.92 Å². The number of hydrogen-bond donors (Lipinski definition) is 0. The van der Waals surface area contributed by atoms with Gasteiger partial charge in [-0.15, -0.1) is 0 Å². The van der Waals surface area contributed by atoms with Crippen molar-refractivity contribution in [1.29, 1.82) is 0 Å². The zero-order chi connectivity index (χ0) is 13.1. The quantitative estimate of drug-likeness (QED) is 0.794. The van der Waals surface area contributed by atoms with E-state index in [4.69, 9.17) is 4.74 Å². The summed E-state index contributed by atoms with van der Waals surface area (Å²) in [6.45, 7) is 1.84. The number of hydrogen-bond acceptors (Lipinski definition) is 5. The first-order valence-corrected chi connectivity index (χ1v) is 6.27. The van der Waals surface area contributed by atoms with E-state index in [1.54, 1.807) is 7.11 Å². The van der Waals surface area contributed by atoms with Crippen molar-refractivity contribution in [1.82, 2.24) is 4.98 Å². The molecule has 1 heterocycles. The Morgan fingerprint density at radius 1 is 1.33 bits per heavy atom. The highest BCUT2D eigenvalue weighted by atomic mass is 32.1. The number of thiazole rings is 1. The number of aldehydes is 1. The lowest BCUT2D eigenvalue weighted by atomic mass is 10.3. The highest BCUT2D eigenvalue weighted by molar-refractivity contribution is 7.17. The molecule has 4 nitrogen and oxygen atoms in total. The van der Waals surface area contributed by atoms with Gasteiger partial charge in [-0.25, -0.2) is 4.98 Å². The van der Waals surface area contributed by atoms with Gasteiger partial charge in [-0.2, -0.15) is 0 Å². The maximum Gasteiger partial charge on any atom is 0.190 e. The lowest BCUT2D eigenvalue weighted by Gasteiger charge is -2.15. The zero-order valence-corrected chi connectivity index (χ0v) is 11.3. The number of nitrogens with zero attached hydrogens (tertiary/aromatic N) is 2. The number of benzene rings is 1. The summed E-state index contributed by atoms with van der Waals surface area (Å²) in [5, 5.41) is 0.805. The highest BCUT2D eigenvalue weighted by Crippen LogP contribution is 2.30. The maximum absolute atomic E-state index is 10.8. The van der Waals surface area contributed by atoms with Gasteiger partial charge in [-0.05, 0) is 31.2 Å². The minimum atomic E-state index is 0.672. The summed E-state index contributed by atoms with van der Waals surface area (Å²) in [7, 11) is 3.56. The highest BCUT2D eigenvalue weighted by Gasteiger charge is 2.12. The number of ether oxygens (including phenoxy) is 1. The van der Waals surface area contributed by atoms with E-state index in [1.165, 1.54) is 11.3 Å². The molecular weight excluding hydrogens is 248 g/mol. The Morgan fingerprint density at radius 2 is 2.00 bits per heavy atom. The van der Waals surface area contributed by atoms with Crippen LogP contribution in [-0.2, 0) is 0 Å². The molecule has 0 aliphatic carbocycles. The predicted molar refractivity (Wildman–Crippen MR) is 73.3 cm³/mol. The van der Waals surface area contributed by atoms with E-state index in [0.717, 1.165) is 28.5 Å². The number of methoxy groups -OCH3 is 1. The fourth-order valence-corrected chi connectivity index (χ4v) is 2.43. The van der Waals surface area contributed by atoms with E-state index >= 15 is 0 Å². The van der Waals surface area contributed by atoms with E-state index < -0.39 is 0 Å². The Balaban J connectivity index is 2.28. The Hall–Kier alpha value is -1.88. The first kappa shape index (κ1) is 12.6. The SMILES string of the molecule is COc1ccc(N(C)c2nc(C)c(C=O)s2)cc1.